The van der Waals surface area contributed by atoms with E-state index < -0.39 is 6.43 Å². The first-order valence-electron chi connectivity index (χ1n) is 3.69. The number of hydrogen-bond acceptors (Lipinski definition) is 1. The van der Waals surface area contributed by atoms with Gasteiger partial charge in [-0.05, 0) is 24.9 Å². The number of rotatable bonds is 2. The molecule has 1 nitrogen and oxygen atoms in total. The topological polar surface area (TPSA) is 12.0 Å². The van der Waals surface area contributed by atoms with E-state index in [1.165, 1.54) is 0 Å². The maximum atomic E-state index is 11.8. The van der Waals surface area contributed by atoms with Crippen molar-refractivity contribution < 1.29 is 8.78 Å². The van der Waals surface area contributed by atoms with E-state index in [1.54, 1.807) is 0 Å². The number of alkyl halides is 2. The van der Waals surface area contributed by atoms with Crippen LogP contribution >= 0.6 is 0 Å². The average molecular weight is 149 g/mol. The van der Waals surface area contributed by atoms with E-state index in [0.717, 1.165) is 13.1 Å². The minimum absolute atomic E-state index is 0.0637. The summed E-state index contributed by atoms with van der Waals surface area (Å²) in [6.45, 7) is 3.69. The molecule has 2 unspecified atom stereocenters. The van der Waals surface area contributed by atoms with Crippen LogP contribution < -0.4 is 5.32 Å². The van der Waals surface area contributed by atoms with Crippen LogP contribution in [0.25, 0.3) is 0 Å². The van der Waals surface area contributed by atoms with Crippen molar-refractivity contribution in [2.24, 2.45) is 11.8 Å². The Bertz CT molecular complexity index is 106. The Labute approximate surface area is 59.8 Å². The highest BCUT2D eigenvalue weighted by atomic mass is 19.3. The lowest BCUT2D eigenvalue weighted by molar-refractivity contribution is 0.110. The SMILES string of the molecule is CC1CNCC1CC(F)F. The second-order valence-electron chi connectivity index (χ2n) is 3.02. The van der Waals surface area contributed by atoms with Crippen LogP contribution in [0.2, 0.25) is 0 Å². The Morgan fingerprint density at radius 3 is 2.60 bits per heavy atom. The van der Waals surface area contributed by atoms with Crippen molar-refractivity contribution in [2.75, 3.05) is 13.1 Å². The fourth-order valence-electron chi connectivity index (χ4n) is 1.41. The van der Waals surface area contributed by atoms with Crippen LogP contribution in [0.5, 0.6) is 0 Å². The van der Waals surface area contributed by atoms with E-state index >= 15 is 0 Å². The Kier molecular flexibility index (Phi) is 2.60. The zero-order valence-electron chi connectivity index (χ0n) is 6.11. The Morgan fingerprint density at radius 2 is 2.20 bits per heavy atom. The highest BCUT2D eigenvalue weighted by Gasteiger charge is 2.25. The van der Waals surface area contributed by atoms with Crippen LogP contribution in [0.1, 0.15) is 13.3 Å². The molecule has 0 aromatic rings. The Morgan fingerprint density at radius 1 is 1.50 bits per heavy atom. The van der Waals surface area contributed by atoms with Gasteiger partial charge >= 0.3 is 0 Å². The smallest absolute Gasteiger partial charge is 0.239 e. The Hall–Kier alpha value is -0.180. The van der Waals surface area contributed by atoms with E-state index in [4.69, 9.17) is 0 Å². The number of halogens is 2. The van der Waals surface area contributed by atoms with Crippen molar-refractivity contribution in [2.45, 2.75) is 19.8 Å². The first-order chi connectivity index (χ1) is 4.70. The normalized spacial score (nSPS) is 33.6. The molecular weight excluding hydrogens is 136 g/mol. The lowest BCUT2D eigenvalue weighted by atomic mass is 9.95. The maximum absolute atomic E-state index is 11.8. The van der Waals surface area contributed by atoms with Gasteiger partial charge in [-0.25, -0.2) is 8.78 Å². The molecule has 0 aliphatic carbocycles. The van der Waals surface area contributed by atoms with E-state index in [0.29, 0.717) is 5.92 Å². The van der Waals surface area contributed by atoms with Crippen LogP contribution in [-0.2, 0) is 0 Å². The predicted octanol–water partition coefficient (Wildman–Crippen LogP) is 1.50. The molecule has 0 aromatic heterocycles. The van der Waals surface area contributed by atoms with Gasteiger partial charge in [0.05, 0.1) is 0 Å². The summed E-state index contributed by atoms with van der Waals surface area (Å²) in [4.78, 5) is 0. The molecule has 0 radical (unpaired) electrons. The maximum Gasteiger partial charge on any atom is 0.239 e. The van der Waals surface area contributed by atoms with E-state index in [1.807, 2.05) is 6.92 Å². The quantitative estimate of drug-likeness (QED) is 0.627. The second-order valence-corrected chi connectivity index (χ2v) is 3.02. The molecule has 10 heavy (non-hydrogen) atoms. The third kappa shape index (κ3) is 1.90. The second kappa shape index (κ2) is 3.28. The standard InChI is InChI=1S/C7H13F2N/c1-5-3-10-4-6(5)2-7(8)9/h5-7,10H,2-4H2,1H3. The molecule has 1 aliphatic rings. The van der Waals surface area contributed by atoms with Gasteiger partial charge < -0.3 is 5.32 Å². The van der Waals surface area contributed by atoms with Crippen LogP contribution in [0.4, 0.5) is 8.78 Å². The summed E-state index contributed by atoms with van der Waals surface area (Å²) in [5.41, 5.74) is 0. The number of nitrogens with one attached hydrogen (secondary N) is 1. The first kappa shape index (κ1) is 7.92. The molecule has 1 fully saturated rings. The van der Waals surface area contributed by atoms with Crippen molar-refractivity contribution in [3.05, 3.63) is 0 Å². The van der Waals surface area contributed by atoms with Gasteiger partial charge in [-0.3, -0.25) is 0 Å². The van der Waals surface area contributed by atoms with Gasteiger partial charge in [0.25, 0.3) is 0 Å². The molecule has 60 valence electrons. The fraction of sp³-hybridized carbons (Fsp3) is 1.00. The third-order valence-electron chi connectivity index (χ3n) is 2.16. The van der Waals surface area contributed by atoms with E-state index in [-0.39, 0.29) is 12.3 Å². The summed E-state index contributed by atoms with van der Waals surface area (Å²) in [6.07, 6.45) is -2.07. The summed E-state index contributed by atoms with van der Waals surface area (Å²) in [7, 11) is 0. The van der Waals surface area contributed by atoms with Crippen LogP contribution in [0.3, 0.4) is 0 Å². The predicted molar refractivity (Wildman–Crippen MR) is 36.1 cm³/mol. The van der Waals surface area contributed by atoms with Crippen molar-refractivity contribution in [3.63, 3.8) is 0 Å². The molecule has 3 heteroatoms. The minimum Gasteiger partial charge on any atom is -0.316 e. The van der Waals surface area contributed by atoms with Crippen molar-refractivity contribution in [3.8, 4) is 0 Å². The molecular formula is C7H13F2N. The van der Waals surface area contributed by atoms with Gasteiger partial charge in [-0.1, -0.05) is 6.92 Å². The van der Waals surface area contributed by atoms with Crippen molar-refractivity contribution >= 4 is 0 Å². The van der Waals surface area contributed by atoms with Gasteiger partial charge in [0.15, 0.2) is 0 Å². The fourth-order valence-corrected chi connectivity index (χ4v) is 1.41. The van der Waals surface area contributed by atoms with Crippen LogP contribution in [0.15, 0.2) is 0 Å². The lowest BCUT2D eigenvalue weighted by Crippen LogP contribution is -2.13. The van der Waals surface area contributed by atoms with Gasteiger partial charge in [0, 0.05) is 6.42 Å². The molecule has 1 N–H and O–H groups in total. The third-order valence-corrected chi connectivity index (χ3v) is 2.16. The highest BCUT2D eigenvalue weighted by molar-refractivity contribution is 4.78. The van der Waals surface area contributed by atoms with Gasteiger partial charge in [-0.15, -0.1) is 0 Å². The van der Waals surface area contributed by atoms with E-state index in [2.05, 4.69) is 5.32 Å². The summed E-state index contributed by atoms with van der Waals surface area (Å²) >= 11 is 0. The van der Waals surface area contributed by atoms with Crippen LogP contribution in [0, 0.1) is 11.8 Å². The van der Waals surface area contributed by atoms with Gasteiger partial charge in [0.2, 0.25) is 6.43 Å². The van der Waals surface area contributed by atoms with Crippen LogP contribution in [-0.4, -0.2) is 19.5 Å². The van der Waals surface area contributed by atoms with Crippen molar-refractivity contribution in [1.29, 1.82) is 0 Å². The largest absolute Gasteiger partial charge is 0.316 e. The molecule has 1 aliphatic heterocycles. The zero-order valence-corrected chi connectivity index (χ0v) is 6.11. The molecule has 1 saturated heterocycles. The molecule has 0 aromatic carbocycles. The molecule has 1 heterocycles. The van der Waals surface area contributed by atoms with Gasteiger partial charge in [-0.2, -0.15) is 0 Å². The Balaban J connectivity index is 2.26. The lowest BCUT2D eigenvalue weighted by Gasteiger charge is -2.12. The summed E-state index contributed by atoms with van der Waals surface area (Å²) in [5, 5.41) is 3.09. The molecule has 0 saturated carbocycles. The molecule has 0 amide bonds. The molecule has 1 rings (SSSR count). The minimum atomic E-state index is -2.13. The monoisotopic (exact) mass is 149 g/mol. The molecule has 0 spiro atoms. The molecule has 2 atom stereocenters. The summed E-state index contributed by atoms with van der Waals surface area (Å²) < 4.78 is 23.7. The first-order valence-corrected chi connectivity index (χ1v) is 3.69. The highest BCUT2D eigenvalue weighted by Crippen LogP contribution is 2.22. The average Bonchev–Trinajstić information content (AvgIpc) is 2.15. The van der Waals surface area contributed by atoms with Gasteiger partial charge in [0.1, 0.15) is 0 Å². The van der Waals surface area contributed by atoms with E-state index in [9.17, 15) is 8.78 Å². The summed E-state index contributed by atoms with van der Waals surface area (Å²) in [6, 6.07) is 0. The number of hydrogen-bond donors (Lipinski definition) is 1. The summed E-state index contributed by atoms with van der Waals surface area (Å²) in [5.74, 6) is 0.619. The molecule has 0 bridgehead atoms. The van der Waals surface area contributed by atoms with Crippen molar-refractivity contribution in [1.82, 2.24) is 5.32 Å². The zero-order chi connectivity index (χ0) is 7.56.